The van der Waals surface area contributed by atoms with Gasteiger partial charge in [0.1, 0.15) is 21.7 Å². The molecule has 0 bridgehead atoms. The minimum atomic E-state index is -3.87. The number of benzene rings is 2. The maximum atomic E-state index is 12.8. The lowest BCUT2D eigenvalue weighted by Crippen LogP contribution is -2.38. The molecule has 0 saturated heterocycles. The van der Waals surface area contributed by atoms with Crippen molar-refractivity contribution in [3.63, 3.8) is 0 Å². The first kappa shape index (κ1) is 19.2. The lowest BCUT2D eigenvalue weighted by Gasteiger charge is -2.17. The van der Waals surface area contributed by atoms with Crippen molar-refractivity contribution in [2.24, 2.45) is 0 Å². The van der Waals surface area contributed by atoms with Crippen LogP contribution >= 0.6 is 11.7 Å². The molecule has 0 saturated carbocycles. The first-order valence-electron chi connectivity index (χ1n) is 7.99. The van der Waals surface area contributed by atoms with Gasteiger partial charge in [0.2, 0.25) is 15.9 Å². The second kappa shape index (κ2) is 7.99. The number of fused-ring (bicyclic) bond motifs is 1. The van der Waals surface area contributed by atoms with Gasteiger partial charge in [-0.2, -0.15) is 13.1 Å². The number of hydrogen-bond acceptors (Lipinski definition) is 7. The summed E-state index contributed by atoms with van der Waals surface area (Å²) in [6.45, 7) is -0.0320. The molecule has 0 fully saturated rings. The molecule has 3 rings (SSSR count). The van der Waals surface area contributed by atoms with Crippen LogP contribution in [0.5, 0.6) is 5.75 Å². The Morgan fingerprint density at radius 1 is 1.22 bits per heavy atom. The van der Waals surface area contributed by atoms with E-state index < -0.39 is 15.9 Å². The summed E-state index contributed by atoms with van der Waals surface area (Å²) in [5.41, 5.74) is 1.68. The molecule has 0 unspecified atom stereocenters. The Hall–Kier alpha value is -2.56. The third-order valence-corrected chi connectivity index (χ3v) is 6.30. The molecule has 142 valence electrons. The number of carbonyl (C=O) groups excluding carboxylic acids is 1. The van der Waals surface area contributed by atoms with Gasteiger partial charge in [0, 0.05) is 13.6 Å². The predicted octanol–water partition coefficient (Wildman–Crippen LogP) is 1.64. The topological polar surface area (TPSA) is 101 Å². The summed E-state index contributed by atoms with van der Waals surface area (Å²) in [4.78, 5) is 12.2. The number of carbonyl (C=O) groups is 1. The van der Waals surface area contributed by atoms with Gasteiger partial charge >= 0.3 is 0 Å². The smallest absolute Gasteiger partial charge is 0.245 e. The van der Waals surface area contributed by atoms with Crippen molar-refractivity contribution in [3.8, 4) is 5.75 Å². The zero-order valence-corrected chi connectivity index (χ0v) is 16.4. The molecule has 0 spiro atoms. The normalized spacial score (nSPS) is 11.7. The highest BCUT2D eigenvalue weighted by Gasteiger charge is 2.26. The predicted molar refractivity (Wildman–Crippen MR) is 102 cm³/mol. The second-order valence-corrected chi connectivity index (χ2v) is 8.32. The molecule has 8 nitrogen and oxygen atoms in total. The molecule has 1 amide bonds. The molecule has 2 aromatic carbocycles. The van der Waals surface area contributed by atoms with Crippen LogP contribution in [0, 0.1) is 0 Å². The number of hydrogen-bond donors (Lipinski definition) is 1. The molecule has 0 aliphatic carbocycles. The number of ether oxygens (including phenoxy) is 1. The van der Waals surface area contributed by atoms with Crippen LogP contribution in [0.1, 0.15) is 5.56 Å². The van der Waals surface area contributed by atoms with E-state index in [4.69, 9.17) is 4.74 Å². The van der Waals surface area contributed by atoms with Crippen molar-refractivity contribution >= 4 is 38.7 Å². The van der Waals surface area contributed by atoms with Crippen LogP contribution in [0.15, 0.2) is 47.4 Å². The van der Waals surface area contributed by atoms with Crippen molar-refractivity contribution in [3.05, 3.63) is 48.0 Å². The van der Waals surface area contributed by atoms with Crippen LogP contribution in [-0.2, 0) is 21.4 Å². The number of aromatic nitrogens is 2. The van der Waals surface area contributed by atoms with E-state index in [9.17, 15) is 13.2 Å². The molecule has 1 N–H and O–H groups in total. The highest BCUT2D eigenvalue weighted by atomic mass is 32.2. The van der Waals surface area contributed by atoms with E-state index in [0.29, 0.717) is 16.8 Å². The summed E-state index contributed by atoms with van der Waals surface area (Å²) in [5, 5.41) is 2.71. The monoisotopic (exact) mass is 406 g/mol. The second-order valence-electron chi connectivity index (χ2n) is 5.78. The summed E-state index contributed by atoms with van der Waals surface area (Å²) >= 11 is 0.945. The molecule has 27 heavy (non-hydrogen) atoms. The van der Waals surface area contributed by atoms with E-state index in [2.05, 4.69) is 14.1 Å². The molecule has 0 radical (unpaired) electrons. The summed E-state index contributed by atoms with van der Waals surface area (Å²) in [6, 6.07) is 12.0. The fourth-order valence-electron chi connectivity index (χ4n) is 2.48. The highest BCUT2D eigenvalue weighted by molar-refractivity contribution is 7.89. The molecule has 3 aromatic rings. The van der Waals surface area contributed by atoms with E-state index in [1.165, 1.54) is 13.1 Å². The molecule has 1 aromatic heterocycles. The number of rotatable bonds is 7. The van der Waals surface area contributed by atoms with Crippen LogP contribution in [0.3, 0.4) is 0 Å². The largest absolute Gasteiger partial charge is 0.497 e. The van der Waals surface area contributed by atoms with Gasteiger partial charge in [-0.25, -0.2) is 8.42 Å². The third kappa shape index (κ3) is 4.24. The molecule has 0 aliphatic heterocycles. The van der Waals surface area contributed by atoms with Crippen molar-refractivity contribution in [1.82, 2.24) is 18.4 Å². The van der Waals surface area contributed by atoms with Crippen molar-refractivity contribution in [2.75, 3.05) is 20.7 Å². The highest BCUT2D eigenvalue weighted by Crippen LogP contribution is 2.23. The van der Waals surface area contributed by atoms with Crippen molar-refractivity contribution in [2.45, 2.75) is 11.4 Å². The summed E-state index contributed by atoms with van der Waals surface area (Å²) < 4.78 is 39.8. The maximum Gasteiger partial charge on any atom is 0.245 e. The van der Waals surface area contributed by atoms with Crippen LogP contribution in [0.2, 0.25) is 0 Å². The van der Waals surface area contributed by atoms with Crippen LogP contribution in [-0.4, -0.2) is 48.1 Å². The average Bonchev–Trinajstić information content (AvgIpc) is 3.15. The van der Waals surface area contributed by atoms with E-state index in [1.54, 1.807) is 31.4 Å². The first-order chi connectivity index (χ1) is 12.9. The standard InChI is InChI=1S/C17H18N4O4S2/c1-21(11-16(22)18-10-12-5-3-6-13(9-12)25-2)27(23,24)15-8-4-7-14-17(15)20-26-19-14/h3-9H,10-11H2,1-2H3,(H,18,22). The fraction of sp³-hybridized carbons (Fsp3) is 0.235. The Balaban J connectivity index is 1.67. The Bertz CT molecular complexity index is 1070. The van der Waals surface area contributed by atoms with E-state index in [-0.39, 0.29) is 18.0 Å². The fourth-order valence-corrected chi connectivity index (χ4v) is 4.36. The van der Waals surface area contributed by atoms with Gasteiger partial charge < -0.3 is 10.1 Å². The lowest BCUT2D eigenvalue weighted by molar-refractivity contribution is -0.121. The van der Waals surface area contributed by atoms with E-state index >= 15 is 0 Å². The van der Waals surface area contributed by atoms with Gasteiger partial charge in [-0.15, -0.1) is 0 Å². The van der Waals surface area contributed by atoms with Gasteiger partial charge in [0.15, 0.2) is 0 Å². The van der Waals surface area contributed by atoms with Gasteiger partial charge in [0.05, 0.1) is 25.4 Å². The summed E-state index contributed by atoms with van der Waals surface area (Å²) in [7, 11) is -0.942. The molecule has 10 heteroatoms. The van der Waals surface area contributed by atoms with Crippen LogP contribution in [0.4, 0.5) is 0 Å². The Morgan fingerprint density at radius 3 is 2.78 bits per heavy atom. The number of nitrogens with zero attached hydrogens (tertiary/aromatic N) is 3. The Kier molecular flexibility index (Phi) is 5.68. The minimum Gasteiger partial charge on any atom is -0.497 e. The van der Waals surface area contributed by atoms with Gasteiger partial charge in [-0.1, -0.05) is 18.2 Å². The molecule has 0 atom stereocenters. The number of likely N-dealkylation sites (N-methyl/N-ethyl adjacent to an activating group) is 1. The number of amides is 1. The van der Waals surface area contributed by atoms with Crippen molar-refractivity contribution in [1.29, 1.82) is 0 Å². The zero-order valence-electron chi connectivity index (χ0n) is 14.7. The Labute approximate surface area is 161 Å². The van der Waals surface area contributed by atoms with Gasteiger partial charge in [0.25, 0.3) is 0 Å². The van der Waals surface area contributed by atoms with Crippen LogP contribution < -0.4 is 10.1 Å². The van der Waals surface area contributed by atoms with Crippen LogP contribution in [0.25, 0.3) is 11.0 Å². The minimum absolute atomic E-state index is 0.0387. The zero-order chi connectivity index (χ0) is 19.4. The third-order valence-electron chi connectivity index (χ3n) is 3.93. The first-order valence-corrected chi connectivity index (χ1v) is 10.2. The molecular formula is C17H18N4O4S2. The van der Waals surface area contributed by atoms with Gasteiger partial charge in [-0.05, 0) is 29.8 Å². The van der Waals surface area contributed by atoms with Gasteiger partial charge in [-0.3, -0.25) is 4.79 Å². The SMILES string of the molecule is COc1cccc(CNC(=O)CN(C)S(=O)(=O)c2cccc3nsnc23)c1. The summed E-state index contributed by atoms with van der Waals surface area (Å²) in [6.07, 6.45) is 0. The number of sulfonamides is 1. The lowest BCUT2D eigenvalue weighted by atomic mass is 10.2. The van der Waals surface area contributed by atoms with Crippen molar-refractivity contribution < 1.29 is 17.9 Å². The van der Waals surface area contributed by atoms with E-state index in [1.807, 2.05) is 12.1 Å². The number of nitrogens with one attached hydrogen (secondary N) is 1. The molecular weight excluding hydrogens is 388 g/mol. The maximum absolute atomic E-state index is 12.8. The molecule has 1 heterocycles. The average molecular weight is 406 g/mol. The van der Waals surface area contributed by atoms with E-state index in [0.717, 1.165) is 21.6 Å². The molecule has 0 aliphatic rings. The quantitative estimate of drug-likeness (QED) is 0.640. The summed E-state index contributed by atoms with van der Waals surface area (Å²) in [5.74, 6) is 0.277. The number of methoxy groups -OCH3 is 1. The Morgan fingerprint density at radius 2 is 2.00 bits per heavy atom.